The summed E-state index contributed by atoms with van der Waals surface area (Å²) in [4.78, 5) is 22.0. The predicted octanol–water partition coefficient (Wildman–Crippen LogP) is 3.91. The average molecular weight is 442 g/mol. The lowest BCUT2D eigenvalue weighted by atomic mass is 9.93. The molecule has 0 unspecified atom stereocenters. The molecule has 0 radical (unpaired) electrons. The number of fused-ring (bicyclic) bond motifs is 2. The lowest BCUT2D eigenvalue weighted by Crippen LogP contribution is -2.51. The molecule has 2 aromatic rings. The van der Waals surface area contributed by atoms with Crippen LogP contribution < -0.4 is 4.74 Å². The zero-order valence-electron chi connectivity index (χ0n) is 18.7. The van der Waals surface area contributed by atoms with Crippen molar-refractivity contribution in [1.29, 1.82) is 0 Å². The molecule has 1 aromatic heterocycles. The highest BCUT2D eigenvalue weighted by Gasteiger charge is 2.35. The van der Waals surface area contributed by atoms with E-state index in [4.69, 9.17) is 9.47 Å². The van der Waals surface area contributed by atoms with Gasteiger partial charge in [-0.3, -0.25) is 14.7 Å². The topological polar surface area (TPSA) is 54.9 Å². The van der Waals surface area contributed by atoms with Crippen molar-refractivity contribution in [3.8, 4) is 5.75 Å². The SMILES string of the molecule is CO[C@@H]1CCCN2C(=O)c3ccccc3OCCN(Cc3ccc(F)cn3)CCCC[C@H]12. The van der Waals surface area contributed by atoms with Crippen LogP contribution in [0.1, 0.15) is 48.2 Å². The smallest absolute Gasteiger partial charge is 0.257 e. The summed E-state index contributed by atoms with van der Waals surface area (Å²) < 4.78 is 25.1. The summed E-state index contributed by atoms with van der Waals surface area (Å²) in [6, 6.07) is 10.8. The molecular formula is C25H32FN3O3. The summed E-state index contributed by atoms with van der Waals surface area (Å²) in [5, 5.41) is 0. The maximum absolute atomic E-state index is 13.5. The first-order valence-electron chi connectivity index (χ1n) is 11.5. The van der Waals surface area contributed by atoms with Crippen molar-refractivity contribution in [1.82, 2.24) is 14.8 Å². The van der Waals surface area contributed by atoms with Crippen LogP contribution in [0, 0.1) is 5.82 Å². The molecule has 2 aliphatic rings. The van der Waals surface area contributed by atoms with Crippen LogP contribution in [0.4, 0.5) is 4.39 Å². The number of benzene rings is 1. The van der Waals surface area contributed by atoms with E-state index < -0.39 is 0 Å². The quantitative estimate of drug-likeness (QED) is 0.723. The van der Waals surface area contributed by atoms with Crippen molar-refractivity contribution in [3.05, 3.63) is 59.7 Å². The molecule has 1 amide bonds. The van der Waals surface area contributed by atoms with Gasteiger partial charge in [0.05, 0.1) is 29.6 Å². The number of ether oxygens (including phenoxy) is 2. The maximum atomic E-state index is 13.5. The number of methoxy groups -OCH3 is 1. The summed E-state index contributed by atoms with van der Waals surface area (Å²) in [6.45, 7) is 3.45. The Labute approximate surface area is 189 Å². The number of carbonyl (C=O) groups is 1. The first-order valence-corrected chi connectivity index (χ1v) is 11.5. The van der Waals surface area contributed by atoms with E-state index in [1.54, 1.807) is 13.2 Å². The highest BCUT2D eigenvalue weighted by atomic mass is 19.1. The Bertz CT molecular complexity index is 892. The van der Waals surface area contributed by atoms with E-state index in [0.717, 1.165) is 50.9 Å². The molecule has 6 nitrogen and oxygen atoms in total. The average Bonchev–Trinajstić information content (AvgIpc) is 2.83. The maximum Gasteiger partial charge on any atom is 0.257 e. The van der Waals surface area contributed by atoms with Crippen LogP contribution in [-0.2, 0) is 11.3 Å². The summed E-state index contributed by atoms with van der Waals surface area (Å²) in [5.74, 6) is 0.321. The molecule has 1 aromatic carbocycles. The van der Waals surface area contributed by atoms with Crippen molar-refractivity contribution >= 4 is 5.91 Å². The molecule has 1 saturated heterocycles. The fourth-order valence-electron chi connectivity index (χ4n) is 4.79. The molecule has 2 atom stereocenters. The molecule has 0 saturated carbocycles. The van der Waals surface area contributed by atoms with Crippen molar-refractivity contribution in [2.45, 2.75) is 50.8 Å². The van der Waals surface area contributed by atoms with Crippen molar-refractivity contribution in [2.75, 3.05) is 33.4 Å². The van der Waals surface area contributed by atoms with Gasteiger partial charge in [0.1, 0.15) is 18.2 Å². The molecule has 3 heterocycles. The molecular weight excluding hydrogens is 409 g/mol. The predicted molar refractivity (Wildman–Crippen MR) is 120 cm³/mol. The number of hydrogen-bond donors (Lipinski definition) is 0. The van der Waals surface area contributed by atoms with Gasteiger partial charge in [0.25, 0.3) is 5.91 Å². The first kappa shape index (κ1) is 22.7. The van der Waals surface area contributed by atoms with Gasteiger partial charge in [0.2, 0.25) is 0 Å². The zero-order valence-corrected chi connectivity index (χ0v) is 18.7. The zero-order chi connectivity index (χ0) is 22.3. The van der Waals surface area contributed by atoms with Crippen LogP contribution >= 0.6 is 0 Å². The number of rotatable bonds is 3. The van der Waals surface area contributed by atoms with Crippen molar-refractivity contribution < 1.29 is 18.7 Å². The molecule has 0 N–H and O–H groups in total. The number of amides is 1. The number of para-hydroxylation sites is 1. The summed E-state index contributed by atoms with van der Waals surface area (Å²) >= 11 is 0. The van der Waals surface area contributed by atoms with Gasteiger partial charge in [-0.15, -0.1) is 0 Å². The fourth-order valence-corrected chi connectivity index (χ4v) is 4.79. The van der Waals surface area contributed by atoms with Gasteiger partial charge in [0, 0.05) is 26.7 Å². The molecule has 32 heavy (non-hydrogen) atoms. The Morgan fingerprint density at radius 2 is 1.97 bits per heavy atom. The molecule has 1 fully saturated rings. The van der Waals surface area contributed by atoms with E-state index >= 15 is 0 Å². The third kappa shape index (κ3) is 5.45. The number of nitrogens with zero attached hydrogens (tertiary/aromatic N) is 3. The highest BCUT2D eigenvalue weighted by molar-refractivity contribution is 5.97. The molecule has 7 heteroatoms. The second-order valence-electron chi connectivity index (χ2n) is 8.57. The van der Waals surface area contributed by atoms with Crippen molar-refractivity contribution in [3.63, 3.8) is 0 Å². The summed E-state index contributed by atoms with van der Waals surface area (Å²) in [5.41, 5.74) is 1.45. The van der Waals surface area contributed by atoms with Crippen LogP contribution in [0.15, 0.2) is 42.6 Å². The van der Waals surface area contributed by atoms with Crippen LogP contribution in [-0.4, -0.2) is 66.2 Å². The van der Waals surface area contributed by atoms with E-state index in [9.17, 15) is 9.18 Å². The van der Waals surface area contributed by atoms with Crippen LogP contribution in [0.25, 0.3) is 0 Å². The molecule has 4 rings (SSSR count). The Hall–Kier alpha value is -2.51. The molecule has 0 bridgehead atoms. The number of carbonyl (C=O) groups excluding carboxylic acids is 1. The van der Waals surface area contributed by atoms with Gasteiger partial charge in [-0.1, -0.05) is 18.6 Å². The number of pyridine rings is 1. The first-order chi connectivity index (χ1) is 15.7. The minimum absolute atomic E-state index is 0.0268. The van der Waals surface area contributed by atoms with E-state index in [2.05, 4.69) is 9.88 Å². The number of aromatic nitrogens is 1. The Morgan fingerprint density at radius 1 is 1.09 bits per heavy atom. The monoisotopic (exact) mass is 441 g/mol. The van der Waals surface area contributed by atoms with Gasteiger partial charge in [0.15, 0.2) is 0 Å². The molecule has 172 valence electrons. The molecule has 2 aliphatic heterocycles. The minimum atomic E-state index is -0.326. The lowest BCUT2D eigenvalue weighted by Gasteiger charge is -2.41. The summed E-state index contributed by atoms with van der Waals surface area (Å²) in [6.07, 6.45) is 6.17. The van der Waals surface area contributed by atoms with Gasteiger partial charge < -0.3 is 14.4 Å². The highest BCUT2D eigenvalue weighted by Crippen LogP contribution is 2.29. The second-order valence-corrected chi connectivity index (χ2v) is 8.57. The normalized spacial score (nSPS) is 23.2. The van der Waals surface area contributed by atoms with Gasteiger partial charge in [-0.05, 0) is 56.5 Å². The van der Waals surface area contributed by atoms with Crippen molar-refractivity contribution in [2.24, 2.45) is 0 Å². The minimum Gasteiger partial charge on any atom is -0.491 e. The van der Waals surface area contributed by atoms with E-state index in [0.29, 0.717) is 31.0 Å². The lowest BCUT2D eigenvalue weighted by molar-refractivity contribution is -0.0155. The molecule has 0 spiro atoms. The third-order valence-corrected chi connectivity index (χ3v) is 6.46. The fraction of sp³-hybridized carbons (Fsp3) is 0.520. The largest absolute Gasteiger partial charge is 0.491 e. The number of piperidine rings is 1. The Morgan fingerprint density at radius 3 is 2.78 bits per heavy atom. The second kappa shape index (κ2) is 10.9. The van der Waals surface area contributed by atoms with E-state index in [-0.39, 0.29) is 23.9 Å². The van der Waals surface area contributed by atoms with Gasteiger partial charge in [-0.2, -0.15) is 0 Å². The van der Waals surface area contributed by atoms with Crippen LogP contribution in [0.2, 0.25) is 0 Å². The Balaban J connectivity index is 1.55. The number of hydrogen-bond acceptors (Lipinski definition) is 5. The standard InChI is InChI=1S/C25H32FN3O3/c1-31-24-10-6-14-29-22(24)8-4-5-13-28(18-20-12-11-19(26)17-27-20)15-16-32-23-9-3-2-7-21(23)25(29)30/h2-3,7,9,11-12,17,22,24H,4-6,8,10,13-16,18H2,1H3/t22-,24-/m1/s1. The third-order valence-electron chi connectivity index (χ3n) is 6.46. The van der Waals surface area contributed by atoms with Gasteiger partial charge >= 0.3 is 0 Å². The van der Waals surface area contributed by atoms with Gasteiger partial charge in [-0.25, -0.2) is 4.39 Å². The molecule has 0 aliphatic carbocycles. The Kier molecular flexibility index (Phi) is 7.71. The number of halogens is 1. The van der Waals surface area contributed by atoms with Crippen LogP contribution in [0.3, 0.4) is 0 Å². The summed E-state index contributed by atoms with van der Waals surface area (Å²) in [7, 11) is 1.74. The van der Waals surface area contributed by atoms with E-state index in [1.165, 1.54) is 12.3 Å². The van der Waals surface area contributed by atoms with Crippen LogP contribution in [0.5, 0.6) is 5.75 Å². The van der Waals surface area contributed by atoms with E-state index in [1.807, 2.05) is 29.2 Å².